The van der Waals surface area contributed by atoms with E-state index >= 15 is 0 Å². The van der Waals surface area contributed by atoms with Crippen molar-refractivity contribution >= 4 is 21.8 Å². The molecule has 7 heteroatoms. The summed E-state index contributed by atoms with van der Waals surface area (Å²) >= 11 is 3.16. The van der Waals surface area contributed by atoms with E-state index in [2.05, 4.69) is 26.2 Å². The standard InChI is InChI=1S/C21H18BrFN2O3/c22-16-7-8-18(19(23)12-16)21(26)25-14-15-6-9-20(24-13-15)28-11-10-27-17-4-2-1-3-5-17/h1-9,12-13H,10-11,14H2,(H,25,26). The van der Waals surface area contributed by atoms with Gasteiger partial charge in [0.25, 0.3) is 5.91 Å². The van der Waals surface area contributed by atoms with Gasteiger partial charge in [0.15, 0.2) is 0 Å². The largest absolute Gasteiger partial charge is 0.490 e. The van der Waals surface area contributed by atoms with Gasteiger partial charge < -0.3 is 14.8 Å². The second kappa shape index (κ2) is 9.85. The molecule has 0 spiro atoms. The van der Waals surface area contributed by atoms with Gasteiger partial charge in [-0.25, -0.2) is 9.37 Å². The van der Waals surface area contributed by atoms with Crippen molar-refractivity contribution in [3.8, 4) is 11.6 Å². The van der Waals surface area contributed by atoms with Crippen LogP contribution >= 0.6 is 15.9 Å². The Morgan fingerprint density at radius 3 is 2.54 bits per heavy atom. The lowest BCUT2D eigenvalue weighted by Gasteiger charge is -2.09. The van der Waals surface area contributed by atoms with Gasteiger partial charge in [0.2, 0.25) is 5.88 Å². The molecule has 144 valence electrons. The Morgan fingerprint density at radius 2 is 1.82 bits per heavy atom. The van der Waals surface area contributed by atoms with Gasteiger partial charge in [0, 0.05) is 23.3 Å². The first-order chi connectivity index (χ1) is 13.6. The van der Waals surface area contributed by atoms with Crippen molar-refractivity contribution in [2.45, 2.75) is 6.54 Å². The summed E-state index contributed by atoms with van der Waals surface area (Å²) in [4.78, 5) is 16.3. The van der Waals surface area contributed by atoms with Crippen LogP contribution in [0.5, 0.6) is 11.6 Å². The number of pyridine rings is 1. The Balaban J connectivity index is 1.43. The number of amides is 1. The molecule has 0 radical (unpaired) electrons. The summed E-state index contributed by atoms with van der Waals surface area (Å²) in [5.41, 5.74) is 0.772. The average molecular weight is 445 g/mol. The molecule has 0 saturated carbocycles. The molecule has 5 nitrogen and oxygen atoms in total. The van der Waals surface area contributed by atoms with E-state index in [1.807, 2.05) is 30.3 Å². The Morgan fingerprint density at radius 1 is 1.04 bits per heavy atom. The van der Waals surface area contributed by atoms with Crippen molar-refractivity contribution in [2.24, 2.45) is 0 Å². The fourth-order valence-electron chi connectivity index (χ4n) is 2.37. The molecule has 3 rings (SSSR count). The van der Waals surface area contributed by atoms with Crippen LogP contribution in [0.3, 0.4) is 0 Å². The van der Waals surface area contributed by atoms with Crippen LogP contribution in [0.15, 0.2) is 71.3 Å². The summed E-state index contributed by atoms with van der Waals surface area (Å²) in [5, 5.41) is 2.67. The maximum absolute atomic E-state index is 13.8. The summed E-state index contributed by atoms with van der Waals surface area (Å²) in [6.07, 6.45) is 1.60. The fourth-order valence-corrected chi connectivity index (χ4v) is 2.71. The molecule has 3 aromatic rings. The predicted molar refractivity (Wildman–Crippen MR) is 107 cm³/mol. The lowest BCUT2D eigenvalue weighted by molar-refractivity contribution is 0.0947. The Kier molecular flexibility index (Phi) is 6.97. The van der Waals surface area contributed by atoms with E-state index < -0.39 is 11.7 Å². The number of aromatic nitrogens is 1. The average Bonchev–Trinajstić information content (AvgIpc) is 2.71. The molecule has 2 aromatic carbocycles. The monoisotopic (exact) mass is 444 g/mol. The minimum Gasteiger partial charge on any atom is -0.490 e. The predicted octanol–water partition coefficient (Wildman–Crippen LogP) is 4.37. The van der Waals surface area contributed by atoms with Gasteiger partial charge in [0.05, 0.1) is 5.56 Å². The number of nitrogens with one attached hydrogen (secondary N) is 1. The van der Waals surface area contributed by atoms with Crippen LogP contribution in [0.25, 0.3) is 0 Å². The molecule has 28 heavy (non-hydrogen) atoms. The lowest BCUT2D eigenvalue weighted by atomic mass is 10.2. The Bertz CT molecular complexity index is 921. The smallest absolute Gasteiger partial charge is 0.254 e. The zero-order valence-corrected chi connectivity index (χ0v) is 16.5. The number of halogens is 2. The molecular weight excluding hydrogens is 427 g/mol. The number of nitrogens with zero attached hydrogens (tertiary/aromatic N) is 1. The Labute approximate surface area is 170 Å². The molecule has 0 aliphatic heterocycles. The summed E-state index contributed by atoms with van der Waals surface area (Å²) in [5.74, 6) is 0.188. The van der Waals surface area contributed by atoms with Crippen molar-refractivity contribution in [3.63, 3.8) is 0 Å². The summed E-state index contributed by atoms with van der Waals surface area (Å²) < 4.78 is 25.5. The molecule has 0 bridgehead atoms. The van der Waals surface area contributed by atoms with Crippen LogP contribution < -0.4 is 14.8 Å². The summed E-state index contributed by atoms with van der Waals surface area (Å²) in [7, 11) is 0. The highest BCUT2D eigenvalue weighted by atomic mass is 79.9. The van der Waals surface area contributed by atoms with Gasteiger partial charge in [-0.1, -0.05) is 40.2 Å². The van der Waals surface area contributed by atoms with Crippen molar-refractivity contribution in [2.75, 3.05) is 13.2 Å². The SMILES string of the molecule is O=C(NCc1ccc(OCCOc2ccccc2)nc1)c1ccc(Br)cc1F. The van der Waals surface area contributed by atoms with E-state index in [4.69, 9.17) is 9.47 Å². The van der Waals surface area contributed by atoms with E-state index in [0.29, 0.717) is 23.6 Å². The first kappa shape index (κ1) is 19.8. The highest BCUT2D eigenvalue weighted by molar-refractivity contribution is 9.10. The van der Waals surface area contributed by atoms with Crippen molar-refractivity contribution < 1.29 is 18.7 Å². The van der Waals surface area contributed by atoms with E-state index in [-0.39, 0.29) is 12.1 Å². The van der Waals surface area contributed by atoms with Crippen LogP contribution in [-0.2, 0) is 6.54 Å². The maximum Gasteiger partial charge on any atom is 0.254 e. The van der Waals surface area contributed by atoms with Crippen molar-refractivity contribution in [3.05, 3.63) is 88.3 Å². The highest BCUT2D eigenvalue weighted by Crippen LogP contribution is 2.15. The van der Waals surface area contributed by atoms with Gasteiger partial charge in [-0.15, -0.1) is 0 Å². The van der Waals surface area contributed by atoms with Gasteiger partial charge in [-0.05, 0) is 35.9 Å². The van der Waals surface area contributed by atoms with Gasteiger partial charge in [-0.3, -0.25) is 4.79 Å². The first-order valence-electron chi connectivity index (χ1n) is 8.60. The minimum atomic E-state index is -0.577. The molecule has 0 saturated heterocycles. The number of ether oxygens (including phenoxy) is 2. The van der Waals surface area contributed by atoms with Crippen molar-refractivity contribution in [1.82, 2.24) is 10.3 Å². The van der Waals surface area contributed by atoms with Crippen LogP contribution in [-0.4, -0.2) is 24.1 Å². The molecule has 0 unspecified atom stereocenters. The molecule has 1 aromatic heterocycles. The van der Waals surface area contributed by atoms with Crippen LogP contribution in [0.2, 0.25) is 0 Å². The van der Waals surface area contributed by atoms with E-state index in [0.717, 1.165) is 11.3 Å². The third-order valence-electron chi connectivity index (χ3n) is 3.77. The van der Waals surface area contributed by atoms with Gasteiger partial charge >= 0.3 is 0 Å². The quantitative estimate of drug-likeness (QED) is 0.524. The van der Waals surface area contributed by atoms with Crippen LogP contribution in [0, 0.1) is 5.82 Å². The van der Waals surface area contributed by atoms with Gasteiger partial charge in [0.1, 0.15) is 24.8 Å². The molecular formula is C21H18BrFN2O3. The molecule has 0 aliphatic carbocycles. The number of benzene rings is 2. The maximum atomic E-state index is 13.8. The third kappa shape index (κ3) is 5.79. The fraction of sp³-hybridized carbons (Fsp3) is 0.143. The minimum absolute atomic E-state index is 0.00507. The van der Waals surface area contributed by atoms with Crippen molar-refractivity contribution in [1.29, 1.82) is 0 Å². The molecule has 0 atom stereocenters. The highest BCUT2D eigenvalue weighted by Gasteiger charge is 2.11. The number of rotatable bonds is 8. The zero-order valence-electron chi connectivity index (χ0n) is 14.9. The second-order valence-corrected chi connectivity index (χ2v) is 6.74. The molecule has 1 N–H and O–H groups in total. The lowest BCUT2D eigenvalue weighted by Crippen LogP contribution is -2.23. The molecule has 1 amide bonds. The zero-order chi connectivity index (χ0) is 19.8. The molecule has 1 heterocycles. The normalized spacial score (nSPS) is 10.4. The summed E-state index contributed by atoms with van der Waals surface area (Å²) in [6, 6.07) is 17.3. The number of para-hydroxylation sites is 1. The Hall–Kier alpha value is -2.93. The van der Waals surface area contributed by atoms with Crippen LogP contribution in [0.1, 0.15) is 15.9 Å². The number of hydrogen-bond donors (Lipinski definition) is 1. The van der Waals surface area contributed by atoms with E-state index in [1.165, 1.54) is 12.1 Å². The number of carbonyl (C=O) groups is 1. The van der Waals surface area contributed by atoms with E-state index in [1.54, 1.807) is 24.4 Å². The topological polar surface area (TPSA) is 60.5 Å². The van der Waals surface area contributed by atoms with Gasteiger partial charge in [-0.2, -0.15) is 0 Å². The van der Waals surface area contributed by atoms with E-state index in [9.17, 15) is 9.18 Å². The molecule has 0 fully saturated rings. The first-order valence-corrected chi connectivity index (χ1v) is 9.40. The summed E-state index contributed by atoms with van der Waals surface area (Å²) in [6.45, 7) is 1.00. The van der Waals surface area contributed by atoms with Crippen LogP contribution in [0.4, 0.5) is 4.39 Å². The number of carbonyl (C=O) groups excluding carboxylic acids is 1. The second-order valence-electron chi connectivity index (χ2n) is 5.82. The molecule has 0 aliphatic rings. The third-order valence-corrected chi connectivity index (χ3v) is 4.26. The number of hydrogen-bond acceptors (Lipinski definition) is 4.